The van der Waals surface area contributed by atoms with E-state index in [0.29, 0.717) is 26.4 Å². The Kier molecular flexibility index (Phi) is 11.5. The second-order valence-electron chi connectivity index (χ2n) is 10.4. The van der Waals surface area contributed by atoms with Gasteiger partial charge in [-0.25, -0.2) is 0 Å². The summed E-state index contributed by atoms with van der Waals surface area (Å²) < 4.78 is 38.1. The van der Waals surface area contributed by atoms with Gasteiger partial charge in [0.1, 0.15) is 31.0 Å². The van der Waals surface area contributed by atoms with Crippen LogP contribution in [0.2, 0.25) is 0 Å². The maximum Gasteiger partial charge on any atom is 0.302 e. The summed E-state index contributed by atoms with van der Waals surface area (Å²) in [4.78, 5) is 11.9. The normalized spacial score (nSPS) is 21.7. The van der Waals surface area contributed by atoms with Crippen LogP contribution in [0.25, 0.3) is 0 Å². The minimum absolute atomic E-state index is 0.0173. The Morgan fingerprint density at radius 2 is 0.907 bits per heavy atom. The van der Waals surface area contributed by atoms with Crippen molar-refractivity contribution in [1.82, 2.24) is 0 Å². The van der Waals surface area contributed by atoms with Crippen LogP contribution < -0.4 is 0 Å². The zero-order chi connectivity index (χ0) is 29.7. The van der Waals surface area contributed by atoms with Crippen molar-refractivity contribution in [2.24, 2.45) is 0 Å². The molecule has 224 valence electrons. The van der Waals surface area contributed by atoms with Crippen LogP contribution in [0, 0.1) is 0 Å². The fourth-order valence-corrected chi connectivity index (χ4v) is 4.97. The number of hydrogen-bond acceptors (Lipinski definition) is 7. The van der Waals surface area contributed by atoms with Crippen molar-refractivity contribution >= 4 is 5.97 Å². The lowest BCUT2D eigenvalue weighted by molar-refractivity contribution is -0.329. The summed E-state index contributed by atoms with van der Waals surface area (Å²) in [5, 5.41) is 0. The van der Waals surface area contributed by atoms with Crippen LogP contribution in [0.1, 0.15) is 29.2 Å². The Morgan fingerprint density at radius 3 is 1.33 bits per heavy atom. The molecule has 0 bridgehead atoms. The fourth-order valence-electron chi connectivity index (χ4n) is 4.97. The van der Waals surface area contributed by atoms with Gasteiger partial charge in [0.05, 0.1) is 26.4 Å². The molecule has 1 saturated heterocycles. The third kappa shape index (κ3) is 9.32. The van der Waals surface area contributed by atoms with Gasteiger partial charge in [-0.15, -0.1) is 0 Å². The summed E-state index contributed by atoms with van der Waals surface area (Å²) in [6, 6.07) is 39.7. The summed E-state index contributed by atoms with van der Waals surface area (Å²) >= 11 is 0. The van der Waals surface area contributed by atoms with Crippen LogP contribution in [0.3, 0.4) is 0 Å². The highest BCUT2D eigenvalue weighted by molar-refractivity contribution is 5.65. The van der Waals surface area contributed by atoms with Crippen molar-refractivity contribution in [3.63, 3.8) is 0 Å². The van der Waals surface area contributed by atoms with E-state index in [-0.39, 0.29) is 6.61 Å². The summed E-state index contributed by atoms with van der Waals surface area (Å²) in [6.07, 6.45) is -3.36. The predicted octanol–water partition coefficient (Wildman–Crippen LogP) is 6.25. The van der Waals surface area contributed by atoms with Crippen LogP contribution in [-0.2, 0) is 59.6 Å². The molecule has 1 heterocycles. The first-order valence-corrected chi connectivity index (χ1v) is 14.6. The standard InChI is InChI=1S/C36H38O7/c1-27(37)38-26-32-33(39-22-28-14-6-2-7-15-28)34(40-23-29-16-8-3-9-17-29)35(41-24-30-18-10-4-11-19-30)36(43-32)42-25-31-20-12-5-13-21-31/h2-21,32-36H,22-26H2,1H3/t32-,33+,34-,35-,36+/m0/s1. The topological polar surface area (TPSA) is 72.5 Å². The SMILES string of the molecule is CC(=O)OC[C@@H]1O[C@@H](OCc2ccccc2)[C@@H](OCc2ccccc2)[C@@H](OCc2ccccc2)[C@@H]1OCc1ccccc1. The number of hydrogen-bond donors (Lipinski definition) is 0. The maximum absolute atomic E-state index is 11.9. The molecule has 0 N–H and O–H groups in total. The van der Waals surface area contributed by atoms with Crippen molar-refractivity contribution in [2.45, 2.75) is 64.1 Å². The van der Waals surface area contributed by atoms with Crippen LogP contribution in [0.4, 0.5) is 0 Å². The molecule has 0 unspecified atom stereocenters. The number of benzene rings is 4. The van der Waals surface area contributed by atoms with Crippen molar-refractivity contribution in [3.05, 3.63) is 144 Å². The van der Waals surface area contributed by atoms with Crippen LogP contribution in [0.15, 0.2) is 121 Å². The molecule has 4 aromatic rings. The number of ether oxygens (including phenoxy) is 6. The van der Waals surface area contributed by atoms with Gasteiger partial charge in [0.25, 0.3) is 0 Å². The highest BCUT2D eigenvalue weighted by Crippen LogP contribution is 2.32. The molecule has 5 atom stereocenters. The predicted molar refractivity (Wildman–Crippen MR) is 162 cm³/mol. The monoisotopic (exact) mass is 582 g/mol. The van der Waals surface area contributed by atoms with Gasteiger partial charge in [-0.1, -0.05) is 121 Å². The van der Waals surface area contributed by atoms with Gasteiger partial charge < -0.3 is 28.4 Å². The number of carbonyl (C=O) groups is 1. The van der Waals surface area contributed by atoms with E-state index in [1.807, 2.05) is 121 Å². The molecule has 0 spiro atoms. The van der Waals surface area contributed by atoms with Gasteiger partial charge in [0, 0.05) is 6.92 Å². The van der Waals surface area contributed by atoms with E-state index in [4.69, 9.17) is 28.4 Å². The highest BCUT2D eigenvalue weighted by atomic mass is 16.7. The number of carbonyl (C=O) groups excluding carboxylic acids is 1. The smallest absolute Gasteiger partial charge is 0.302 e. The molecule has 0 aromatic heterocycles. The minimum atomic E-state index is -0.818. The second kappa shape index (κ2) is 16.1. The van der Waals surface area contributed by atoms with Crippen molar-refractivity contribution < 1.29 is 33.2 Å². The molecule has 1 fully saturated rings. The average Bonchev–Trinajstić information content (AvgIpc) is 3.05. The highest BCUT2D eigenvalue weighted by Gasteiger charge is 2.49. The van der Waals surface area contributed by atoms with Gasteiger partial charge in [0.15, 0.2) is 6.29 Å². The Morgan fingerprint density at radius 1 is 0.535 bits per heavy atom. The van der Waals surface area contributed by atoms with Crippen molar-refractivity contribution in [3.8, 4) is 0 Å². The average molecular weight is 583 g/mol. The van der Waals surface area contributed by atoms with Crippen LogP contribution in [0.5, 0.6) is 0 Å². The Bertz CT molecular complexity index is 1350. The summed E-state index contributed by atoms with van der Waals surface area (Å²) in [5.74, 6) is -0.406. The molecule has 1 aliphatic heterocycles. The molecule has 0 radical (unpaired) electrons. The van der Waals surface area contributed by atoms with Crippen LogP contribution in [-0.4, -0.2) is 43.3 Å². The number of rotatable bonds is 14. The molecule has 0 amide bonds. The molecular formula is C36H38O7. The van der Waals surface area contributed by atoms with Gasteiger partial charge in [-0.05, 0) is 22.3 Å². The molecule has 1 aliphatic rings. The zero-order valence-corrected chi connectivity index (χ0v) is 24.3. The quantitative estimate of drug-likeness (QED) is 0.163. The largest absolute Gasteiger partial charge is 0.463 e. The van der Waals surface area contributed by atoms with E-state index in [1.165, 1.54) is 6.92 Å². The van der Waals surface area contributed by atoms with Gasteiger partial charge in [-0.3, -0.25) is 4.79 Å². The maximum atomic E-state index is 11.9. The van der Waals surface area contributed by atoms with E-state index >= 15 is 0 Å². The zero-order valence-electron chi connectivity index (χ0n) is 24.3. The summed E-state index contributed by atoms with van der Waals surface area (Å²) in [7, 11) is 0. The lowest BCUT2D eigenvalue weighted by Crippen LogP contribution is -2.61. The van der Waals surface area contributed by atoms with Crippen molar-refractivity contribution in [2.75, 3.05) is 6.61 Å². The Hall–Kier alpha value is -3.85. The first-order valence-electron chi connectivity index (χ1n) is 14.6. The first kappa shape index (κ1) is 30.6. The Balaban J connectivity index is 1.45. The second-order valence-corrected chi connectivity index (χ2v) is 10.4. The van der Waals surface area contributed by atoms with E-state index < -0.39 is 36.7 Å². The van der Waals surface area contributed by atoms with E-state index in [0.717, 1.165) is 22.3 Å². The summed E-state index contributed by atoms with van der Waals surface area (Å²) in [6.45, 7) is 2.63. The lowest BCUT2D eigenvalue weighted by Gasteiger charge is -2.45. The Labute approximate surface area is 253 Å². The van der Waals surface area contributed by atoms with E-state index in [2.05, 4.69) is 0 Å². The first-order chi connectivity index (χ1) is 21.2. The van der Waals surface area contributed by atoms with Crippen molar-refractivity contribution in [1.29, 1.82) is 0 Å². The van der Waals surface area contributed by atoms with Gasteiger partial charge in [-0.2, -0.15) is 0 Å². The van der Waals surface area contributed by atoms with Gasteiger partial charge in [0.2, 0.25) is 0 Å². The van der Waals surface area contributed by atoms with Crippen LogP contribution >= 0.6 is 0 Å². The molecule has 43 heavy (non-hydrogen) atoms. The molecule has 4 aromatic carbocycles. The third-order valence-electron chi connectivity index (χ3n) is 7.15. The summed E-state index contributed by atoms with van der Waals surface area (Å²) in [5.41, 5.74) is 4.01. The molecule has 5 rings (SSSR count). The third-order valence-corrected chi connectivity index (χ3v) is 7.15. The number of esters is 1. The molecule has 0 aliphatic carbocycles. The molecule has 7 nitrogen and oxygen atoms in total. The van der Waals surface area contributed by atoms with Gasteiger partial charge >= 0.3 is 5.97 Å². The lowest BCUT2D eigenvalue weighted by atomic mass is 9.97. The van der Waals surface area contributed by atoms with E-state index in [9.17, 15) is 4.79 Å². The molecular weight excluding hydrogens is 544 g/mol. The fraction of sp³-hybridized carbons (Fsp3) is 0.306. The minimum Gasteiger partial charge on any atom is -0.463 e. The molecule has 7 heteroatoms. The van der Waals surface area contributed by atoms with E-state index in [1.54, 1.807) is 0 Å². The molecule has 0 saturated carbocycles.